The summed E-state index contributed by atoms with van der Waals surface area (Å²) in [5.41, 5.74) is 0.414. The summed E-state index contributed by atoms with van der Waals surface area (Å²) < 4.78 is 5.61. The minimum Gasteiger partial charge on any atom is -0.381 e. The average Bonchev–Trinajstić information content (AvgIpc) is 3.18. The molecule has 0 radical (unpaired) electrons. The molecule has 0 aromatic heterocycles. The van der Waals surface area contributed by atoms with E-state index in [0.29, 0.717) is 5.41 Å². The molecular weight excluding hydrogens is 250 g/mol. The van der Waals surface area contributed by atoms with Gasteiger partial charge >= 0.3 is 0 Å². The molecule has 0 unspecified atom stereocenters. The normalized spacial score (nSPS) is 16.3. The van der Waals surface area contributed by atoms with Crippen molar-refractivity contribution in [2.75, 3.05) is 33.4 Å². The van der Waals surface area contributed by atoms with E-state index in [-0.39, 0.29) is 0 Å². The highest BCUT2D eigenvalue weighted by atomic mass is 16.5. The van der Waals surface area contributed by atoms with Crippen LogP contribution in [0.25, 0.3) is 0 Å². The van der Waals surface area contributed by atoms with E-state index in [1.54, 1.807) is 0 Å². The number of ether oxygens (including phenoxy) is 1. The van der Waals surface area contributed by atoms with Gasteiger partial charge in [-0.2, -0.15) is 0 Å². The maximum Gasteiger partial charge on any atom is 0.190 e. The van der Waals surface area contributed by atoms with Crippen LogP contribution < -0.4 is 10.6 Å². The van der Waals surface area contributed by atoms with Gasteiger partial charge in [-0.1, -0.05) is 20.8 Å². The summed E-state index contributed by atoms with van der Waals surface area (Å²) in [6, 6.07) is 0. The fourth-order valence-electron chi connectivity index (χ4n) is 1.96. The molecule has 0 spiro atoms. The van der Waals surface area contributed by atoms with Crippen molar-refractivity contribution < 1.29 is 4.74 Å². The van der Waals surface area contributed by atoms with E-state index in [9.17, 15) is 0 Å². The molecule has 4 heteroatoms. The summed E-state index contributed by atoms with van der Waals surface area (Å²) in [5.74, 6) is 1.77. The summed E-state index contributed by atoms with van der Waals surface area (Å²) in [6.45, 7) is 10.5. The Kier molecular flexibility index (Phi) is 7.97. The average molecular weight is 283 g/mol. The van der Waals surface area contributed by atoms with Gasteiger partial charge in [0, 0.05) is 33.4 Å². The summed E-state index contributed by atoms with van der Waals surface area (Å²) >= 11 is 0. The van der Waals surface area contributed by atoms with Crippen LogP contribution in [0.15, 0.2) is 4.99 Å². The highest BCUT2D eigenvalue weighted by Crippen LogP contribution is 2.28. The lowest BCUT2D eigenvalue weighted by Gasteiger charge is -2.18. The molecule has 0 heterocycles. The predicted octanol–water partition coefficient (Wildman–Crippen LogP) is 2.79. The van der Waals surface area contributed by atoms with Crippen LogP contribution in [-0.2, 0) is 4.74 Å². The zero-order chi connectivity index (χ0) is 14.8. The van der Waals surface area contributed by atoms with Crippen LogP contribution in [0.1, 0.15) is 52.9 Å². The largest absolute Gasteiger partial charge is 0.381 e. The van der Waals surface area contributed by atoms with Crippen molar-refractivity contribution in [2.45, 2.75) is 52.9 Å². The molecule has 1 fully saturated rings. The third-order valence-corrected chi connectivity index (χ3v) is 3.43. The number of aliphatic imine (C=N–C) groups is 1. The zero-order valence-electron chi connectivity index (χ0n) is 13.8. The lowest BCUT2D eigenvalue weighted by molar-refractivity contribution is 0.123. The highest BCUT2D eigenvalue weighted by Gasteiger charge is 2.20. The van der Waals surface area contributed by atoms with Crippen LogP contribution in [0.2, 0.25) is 0 Å². The number of nitrogens with one attached hydrogen (secondary N) is 2. The first kappa shape index (κ1) is 17.3. The van der Waals surface area contributed by atoms with Crippen molar-refractivity contribution in [1.29, 1.82) is 0 Å². The van der Waals surface area contributed by atoms with Crippen molar-refractivity contribution in [3.05, 3.63) is 0 Å². The molecule has 0 aromatic carbocycles. The van der Waals surface area contributed by atoms with Gasteiger partial charge in [0.1, 0.15) is 0 Å². The van der Waals surface area contributed by atoms with E-state index < -0.39 is 0 Å². The monoisotopic (exact) mass is 283 g/mol. The maximum absolute atomic E-state index is 5.61. The molecule has 0 saturated heterocycles. The SMILES string of the molecule is CN=C(NCCCOCC1CC1)NCCCC(C)(C)C. The van der Waals surface area contributed by atoms with Gasteiger partial charge in [-0.15, -0.1) is 0 Å². The van der Waals surface area contributed by atoms with Crippen molar-refractivity contribution in [3.63, 3.8) is 0 Å². The molecular formula is C16H33N3O. The standard InChI is InChI=1S/C16H33N3O/c1-16(2,3)9-5-10-18-15(17-4)19-11-6-12-20-13-14-7-8-14/h14H,5-13H2,1-4H3,(H2,17,18,19). The Hall–Kier alpha value is -0.770. The second-order valence-corrected chi connectivity index (χ2v) is 6.96. The van der Waals surface area contributed by atoms with Crippen molar-refractivity contribution in [3.8, 4) is 0 Å². The van der Waals surface area contributed by atoms with Gasteiger partial charge in [-0.3, -0.25) is 4.99 Å². The molecule has 2 N–H and O–H groups in total. The first-order valence-electron chi connectivity index (χ1n) is 8.03. The lowest BCUT2D eigenvalue weighted by atomic mass is 9.91. The Morgan fingerprint density at radius 1 is 1.15 bits per heavy atom. The Balaban J connectivity index is 1.93. The molecule has 0 atom stereocenters. The summed E-state index contributed by atoms with van der Waals surface area (Å²) in [7, 11) is 1.82. The minimum absolute atomic E-state index is 0.414. The van der Waals surface area contributed by atoms with Crippen LogP contribution in [0.4, 0.5) is 0 Å². The van der Waals surface area contributed by atoms with Gasteiger partial charge in [-0.25, -0.2) is 0 Å². The molecule has 0 aliphatic heterocycles. The van der Waals surface area contributed by atoms with Gasteiger partial charge in [0.25, 0.3) is 0 Å². The highest BCUT2D eigenvalue weighted by molar-refractivity contribution is 5.79. The quantitative estimate of drug-likeness (QED) is 0.388. The van der Waals surface area contributed by atoms with Gasteiger partial charge < -0.3 is 15.4 Å². The van der Waals surface area contributed by atoms with Crippen LogP contribution >= 0.6 is 0 Å². The number of rotatable bonds is 9. The van der Waals surface area contributed by atoms with E-state index in [2.05, 4.69) is 36.4 Å². The fraction of sp³-hybridized carbons (Fsp3) is 0.938. The van der Waals surface area contributed by atoms with Gasteiger partial charge in [0.05, 0.1) is 0 Å². The van der Waals surface area contributed by atoms with Crippen LogP contribution in [0.3, 0.4) is 0 Å². The smallest absolute Gasteiger partial charge is 0.190 e. The van der Waals surface area contributed by atoms with E-state index in [0.717, 1.165) is 44.6 Å². The first-order valence-corrected chi connectivity index (χ1v) is 8.03. The zero-order valence-corrected chi connectivity index (χ0v) is 13.8. The first-order chi connectivity index (χ1) is 9.51. The fourth-order valence-corrected chi connectivity index (χ4v) is 1.96. The van der Waals surface area contributed by atoms with Gasteiger partial charge in [0.2, 0.25) is 0 Å². The van der Waals surface area contributed by atoms with E-state index in [1.165, 1.54) is 25.7 Å². The molecule has 118 valence electrons. The summed E-state index contributed by atoms with van der Waals surface area (Å²) in [5, 5.41) is 6.69. The van der Waals surface area contributed by atoms with Crippen LogP contribution in [0, 0.1) is 11.3 Å². The minimum atomic E-state index is 0.414. The number of hydrogen-bond acceptors (Lipinski definition) is 2. The second kappa shape index (κ2) is 9.22. The van der Waals surface area contributed by atoms with E-state index >= 15 is 0 Å². The van der Waals surface area contributed by atoms with Crippen LogP contribution in [0.5, 0.6) is 0 Å². The number of hydrogen-bond donors (Lipinski definition) is 2. The molecule has 1 aliphatic carbocycles. The molecule has 0 bridgehead atoms. The van der Waals surface area contributed by atoms with E-state index in [1.807, 2.05) is 7.05 Å². The third-order valence-electron chi connectivity index (χ3n) is 3.43. The lowest BCUT2D eigenvalue weighted by Crippen LogP contribution is -2.38. The van der Waals surface area contributed by atoms with Crippen molar-refractivity contribution in [1.82, 2.24) is 10.6 Å². The second-order valence-electron chi connectivity index (χ2n) is 6.96. The molecule has 0 aromatic rings. The Morgan fingerprint density at radius 2 is 1.80 bits per heavy atom. The Bertz CT molecular complexity index is 280. The summed E-state index contributed by atoms with van der Waals surface area (Å²) in [4.78, 5) is 4.23. The molecule has 1 rings (SSSR count). The Labute approximate surface area is 124 Å². The maximum atomic E-state index is 5.61. The van der Waals surface area contributed by atoms with Crippen molar-refractivity contribution >= 4 is 5.96 Å². The summed E-state index contributed by atoms with van der Waals surface area (Å²) in [6.07, 6.45) is 6.17. The van der Waals surface area contributed by atoms with Gasteiger partial charge in [-0.05, 0) is 43.4 Å². The van der Waals surface area contributed by atoms with E-state index in [4.69, 9.17) is 4.74 Å². The number of guanidine groups is 1. The molecule has 1 aliphatic rings. The molecule has 1 saturated carbocycles. The molecule has 20 heavy (non-hydrogen) atoms. The number of nitrogens with zero attached hydrogens (tertiary/aromatic N) is 1. The van der Waals surface area contributed by atoms with Gasteiger partial charge in [0.15, 0.2) is 5.96 Å². The molecule has 4 nitrogen and oxygen atoms in total. The topological polar surface area (TPSA) is 45.7 Å². The van der Waals surface area contributed by atoms with Crippen LogP contribution in [-0.4, -0.2) is 39.3 Å². The molecule has 0 amide bonds. The predicted molar refractivity (Wildman–Crippen MR) is 86.2 cm³/mol. The third kappa shape index (κ3) is 10.1. The van der Waals surface area contributed by atoms with Crippen molar-refractivity contribution in [2.24, 2.45) is 16.3 Å². The Morgan fingerprint density at radius 3 is 2.35 bits per heavy atom.